The number of carbonyl (C=O) groups excluding carboxylic acids is 2. The maximum absolute atomic E-state index is 13.1. The predicted octanol–water partition coefficient (Wildman–Crippen LogP) is 5.14. The summed E-state index contributed by atoms with van der Waals surface area (Å²) < 4.78 is 5.63. The van der Waals surface area contributed by atoms with Crippen LogP contribution in [0.4, 0.5) is 5.69 Å². The molecule has 5 rings (SSSR count). The molecule has 0 saturated carbocycles. The molecule has 1 fully saturated rings. The molecule has 5 nitrogen and oxygen atoms in total. The van der Waals surface area contributed by atoms with Crippen LogP contribution in [0.1, 0.15) is 18.5 Å². The lowest BCUT2D eigenvalue weighted by molar-refractivity contribution is -0.148. The van der Waals surface area contributed by atoms with Crippen molar-refractivity contribution in [3.05, 3.63) is 64.6 Å². The Kier molecular flexibility index (Phi) is 4.61. The third kappa shape index (κ3) is 3.04. The van der Waals surface area contributed by atoms with E-state index in [-0.39, 0.29) is 12.5 Å². The molecule has 1 saturated heterocycles. The molecular formula is C21H15ClN2O3S2. The zero-order chi connectivity index (χ0) is 20.0. The van der Waals surface area contributed by atoms with Crippen molar-refractivity contribution in [2.75, 3.05) is 4.90 Å². The van der Waals surface area contributed by atoms with E-state index in [1.165, 1.54) is 23.1 Å². The van der Waals surface area contributed by atoms with E-state index in [0.717, 1.165) is 21.2 Å². The Hall–Kier alpha value is -2.35. The highest BCUT2D eigenvalue weighted by Crippen LogP contribution is 2.56. The number of hydrogen-bond acceptors (Lipinski definition) is 6. The van der Waals surface area contributed by atoms with Crippen LogP contribution in [0.2, 0.25) is 5.02 Å². The number of esters is 1. The maximum Gasteiger partial charge on any atom is 0.343 e. The summed E-state index contributed by atoms with van der Waals surface area (Å²) >= 11 is 9.09. The highest BCUT2D eigenvalue weighted by atomic mass is 35.5. The number of benzene rings is 2. The fraction of sp³-hybridized carbons (Fsp3) is 0.190. The maximum atomic E-state index is 13.1. The summed E-state index contributed by atoms with van der Waals surface area (Å²) in [6.45, 7) is 0.0560. The Morgan fingerprint density at radius 2 is 2.00 bits per heavy atom. The van der Waals surface area contributed by atoms with E-state index in [2.05, 4.69) is 4.98 Å². The van der Waals surface area contributed by atoms with Gasteiger partial charge in [-0.3, -0.25) is 9.69 Å². The van der Waals surface area contributed by atoms with Crippen LogP contribution in [0.15, 0.2) is 58.8 Å². The van der Waals surface area contributed by atoms with Gasteiger partial charge < -0.3 is 4.74 Å². The minimum atomic E-state index is -1.01. The van der Waals surface area contributed by atoms with Gasteiger partial charge in [0.2, 0.25) is 5.91 Å². The van der Waals surface area contributed by atoms with Crippen LogP contribution < -0.4 is 4.90 Å². The predicted molar refractivity (Wildman–Crippen MR) is 114 cm³/mol. The van der Waals surface area contributed by atoms with Crippen LogP contribution in [-0.4, -0.2) is 21.7 Å². The molecule has 0 aliphatic carbocycles. The van der Waals surface area contributed by atoms with Gasteiger partial charge in [0.15, 0.2) is 4.87 Å². The number of hydrogen-bond donors (Lipinski definition) is 0. The molecule has 1 unspecified atom stereocenters. The summed E-state index contributed by atoms with van der Waals surface area (Å²) in [5.41, 5.74) is 2.29. The molecular weight excluding hydrogens is 428 g/mol. The van der Waals surface area contributed by atoms with Gasteiger partial charge in [-0.1, -0.05) is 53.7 Å². The van der Waals surface area contributed by atoms with Gasteiger partial charge in [0.25, 0.3) is 0 Å². The van der Waals surface area contributed by atoms with Crippen molar-refractivity contribution in [3.8, 4) is 10.6 Å². The number of amides is 1. The van der Waals surface area contributed by atoms with Crippen LogP contribution in [0.5, 0.6) is 0 Å². The van der Waals surface area contributed by atoms with Crippen LogP contribution in [-0.2, 0) is 20.9 Å². The van der Waals surface area contributed by atoms with E-state index in [9.17, 15) is 9.59 Å². The highest BCUT2D eigenvalue weighted by Gasteiger charge is 2.58. The first-order valence-corrected chi connectivity index (χ1v) is 11.1. The second-order valence-corrected chi connectivity index (χ2v) is 9.37. The van der Waals surface area contributed by atoms with Crippen molar-refractivity contribution >= 4 is 52.3 Å². The topological polar surface area (TPSA) is 59.5 Å². The number of rotatable bonds is 4. The van der Waals surface area contributed by atoms with Crippen molar-refractivity contribution in [2.24, 2.45) is 0 Å². The molecule has 0 N–H and O–H groups in total. The minimum absolute atomic E-state index is 0.0472. The first-order chi connectivity index (χ1) is 14.1. The Labute approximate surface area is 180 Å². The van der Waals surface area contributed by atoms with E-state index < -0.39 is 10.8 Å². The summed E-state index contributed by atoms with van der Waals surface area (Å²) in [5.74, 6) is -0.453. The molecule has 0 radical (unpaired) electrons. The third-order valence-electron chi connectivity index (χ3n) is 5.00. The standard InChI is InChI=1S/C21H15ClN2O3S2/c22-15-6-2-1-5-14(15)19-23-13(12-28-19)11-27-20(26)21-10-9-18(25)24(21)16-7-3-4-8-17(16)29-21/h1-8,12H,9-11H2. The minimum Gasteiger partial charge on any atom is -0.457 e. The first-order valence-electron chi connectivity index (χ1n) is 9.06. The fourth-order valence-corrected chi connectivity index (χ4v) is 6.19. The second-order valence-electron chi connectivity index (χ2n) is 6.78. The van der Waals surface area contributed by atoms with Crippen molar-refractivity contribution in [2.45, 2.75) is 29.2 Å². The molecule has 0 bridgehead atoms. The first kappa shape index (κ1) is 18.7. The number of carbonyl (C=O) groups is 2. The lowest BCUT2D eigenvalue weighted by atomic mass is 10.2. The van der Waals surface area contributed by atoms with Gasteiger partial charge in [0.05, 0.1) is 16.4 Å². The van der Waals surface area contributed by atoms with E-state index in [1.54, 1.807) is 4.90 Å². The SMILES string of the molecule is O=C1CCC2(C(=O)OCc3csc(-c4ccccc4Cl)n3)Sc3ccccc3N12. The largest absolute Gasteiger partial charge is 0.457 e. The zero-order valence-electron chi connectivity index (χ0n) is 15.1. The van der Waals surface area contributed by atoms with E-state index in [4.69, 9.17) is 16.3 Å². The number of nitrogens with zero attached hydrogens (tertiary/aromatic N) is 2. The number of thioether (sulfide) groups is 1. The number of halogens is 1. The third-order valence-corrected chi connectivity index (χ3v) is 7.71. The van der Waals surface area contributed by atoms with Gasteiger partial charge >= 0.3 is 5.97 Å². The molecule has 29 heavy (non-hydrogen) atoms. The molecule has 3 aromatic rings. The lowest BCUT2D eigenvalue weighted by Gasteiger charge is -2.28. The van der Waals surface area contributed by atoms with Crippen molar-refractivity contribution in [1.82, 2.24) is 4.98 Å². The molecule has 0 spiro atoms. The summed E-state index contributed by atoms with van der Waals surface area (Å²) in [4.78, 5) is 31.6. The van der Waals surface area contributed by atoms with E-state index in [1.807, 2.05) is 53.9 Å². The van der Waals surface area contributed by atoms with Crippen molar-refractivity contribution < 1.29 is 14.3 Å². The molecule has 1 amide bonds. The van der Waals surface area contributed by atoms with Gasteiger partial charge in [-0.2, -0.15) is 0 Å². The van der Waals surface area contributed by atoms with Gasteiger partial charge in [-0.05, 0) is 18.2 Å². The average Bonchev–Trinajstić information content (AvgIpc) is 3.41. The molecule has 8 heteroatoms. The normalized spacial score (nSPS) is 19.9. The van der Waals surface area contributed by atoms with Gasteiger partial charge in [0.1, 0.15) is 11.6 Å². The molecule has 1 atom stereocenters. The highest BCUT2D eigenvalue weighted by molar-refractivity contribution is 8.02. The quantitative estimate of drug-likeness (QED) is 0.524. The van der Waals surface area contributed by atoms with E-state index in [0.29, 0.717) is 23.6 Å². The average molecular weight is 443 g/mol. The molecule has 3 heterocycles. The van der Waals surface area contributed by atoms with Crippen LogP contribution >= 0.6 is 34.7 Å². The van der Waals surface area contributed by atoms with Gasteiger partial charge in [0, 0.05) is 28.7 Å². The second kappa shape index (κ2) is 7.16. The Balaban J connectivity index is 1.34. The number of thiazole rings is 1. The summed E-state index contributed by atoms with van der Waals surface area (Å²) in [5, 5.41) is 3.27. The number of aromatic nitrogens is 1. The van der Waals surface area contributed by atoms with Crippen molar-refractivity contribution in [1.29, 1.82) is 0 Å². The Bertz CT molecular complexity index is 1130. The van der Waals surface area contributed by atoms with Crippen LogP contribution in [0.3, 0.4) is 0 Å². The number of anilines is 1. The zero-order valence-corrected chi connectivity index (χ0v) is 17.5. The van der Waals surface area contributed by atoms with Crippen LogP contribution in [0, 0.1) is 0 Å². The number of para-hydroxylation sites is 1. The molecule has 2 aromatic carbocycles. The summed E-state index contributed by atoms with van der Waals surface area (Å²) in [6.07, 6.45) is 0.774. The fourth-order valence-electron chi connectivity index (χ4n) is 3.66. The smallest absolute Gasteiger partial charge is 0.343 e. The molecule has 2 aliphatic heterocycles. The number of ether oxygens (including phenoxy) is 1. The molecule has 146 valence electrons. The van der Waals surface area contributed by atoms with Gasteiger partial charge in [-0.15, -0.1) is 11.3 Å². The summed E-state index contributed by atoms with van der Waals surface area (Å²) in [7, 11) is 0. The monoisotopic (exact) mass is 442 g/mol. The Morgan fingerprint density at radius 3 is 2.86 bits per heavy atom. The lowest BCUT2D eigenvalue weighted by Crippen LogP contribution is -2.47. The van der Waals surface area contributed by atoms with Gasteiger partial charge in [-0.25, -0.2) is 9.78 Å². The number of fused-ring (bicyclic) bond motifs is 3. The van der Waals surface area contributed by atoms with Crippen LogP contribution in [0.25, 0.3) is 10.6 Å². The molecule has 2 aliphatic rings. The Morgan fingerprint density at radius 1 is 1.21 bits per heavy atom. The van der Waals surface area contributed by atoms with E-state index >= 15 is 0 Å². The summed E-state index contributed by atoms with van der Waals surface area (Å²) in [6, 6.07) is 15.1. The van der Waals surface area contributed by atoms with Crippen molar-refractivity contribution in [3.63, 3.8) is 0 Å². The molecule has 1 aromatic heterocycles.